The van der Waals surface area contributed by atoms with Crippen molar-refractivity contribution in [3.63, 3.8) is 0 Å². The molecule has 2 heterocycles. The first-order valence-electron chi connectivity index (χ1n) is 5.87. The fourth-order valence-electron chi connectivity index (χ4n) is 2.31. The van der Waals surface area contributed by atoms with Crippen molar-refractivity contribution in [1.82, 2.24) is 9.38 Å². The number of fused-ring (bicyclic) bond motifs is 1. The normalized spacial score (nSPS) is 11.1. The van der Waals surface area contributed by atoms with E-state index in [4.69, 9.17) is 0 Å². The van der Waals surface area contributed by atoms with Crippen molar-refractivity contribution in [1.29, 1.82) is 0 Å². The first-order valence-corrected chi connectivity index (χ1v) is 6.67. The van der Waals surface area contributed by atoms with Crippen LogP contribution in [0.1, 0.15) is 11.4 Å². The molecule has 0 aliphatic carbocycles. The number of imidazole rings is 1. The highest BCUT2D eigenvalue weighted by Crippen LogP contribution is 2.27. The summed E-state index contributed by atoms with van der Waals surface area (Å²) in [5.74, 6) is 0. The van der Waals surface area contributed by atoms with E-state index in [9.17, 15) is 0 Å². The molecule has 0 bridgehead atoms. The molecule has 0 atom stereocenters. The maximum atomic E-state index is 4.62. The van der Waals surface area contributed by atoms with Crippen molar-refractivity contribution in [2.75, 3.05) is 0 Å². The number of hydrogen-bond acceptors (Lipinski definition) is 1. The molecule has 0 aliphatic heterocycles. The summed E-state index contributed by atoms with van der Waals surface area (Å²) in [7, 11) is 0. The van der Waals surface area contributed by atoms with Gasteiger partial charge in [-0.15, -0.1) is 0 Å². The van der Waals surface area contributed by atoms with Crippen molar-refractivity contribution < 1.29 is 0 Å². The van der Waals surface area contributed by atoms with Crippen molar-refractivity contribution in [2.24, 2.45) is 0 Å². The lowest BCUT2D eigenvalue weighted by Crippen LogP contribution is -1.93. The summed E-state index contributed by atoms with van der Waals surface area (Å²) in [4.78, 5) is 4.62. The number of aryl methyl sites for hydroxylation is 2. The Morgan fingerprint density at radius 2 is 1.72 bits per heavy atom. The maximum absolute atomic E-state index is 4.62. The first kappa shape index (κ1) is 11.5. The Balaban J connectivity index is 2.34. The zero-order valence-corrected chi connectivity index (χ0v) is 11.9. The zero-order chi connectivity index (χ0) is 12.7. The lowest BCUT2D eigenvalue weighted by Gasteiger charge is -2.06. The molecule has 0 N–H and O–H groups in total. The van der Waals surface area contributed by atoms with Gasteiger partial charge in [0.25, 0.3) is 0 Å². The molecule has 0 amide bonds. The van der Waals surface area contributed by atoms with Crippen LogP contribution in [0.15, 0.2) is 46.9 Å². The van der Waals surface area contributed by atoms with E-state index in [2.05, 4.69) is 69.5 Å². The van der Waals surface area contributed by atoms with E-state index < -0.39 is 0 Å². The Morgan fingerprint density at radius 1 is 1.00 bits per heavy atom. The van der Waals surface area contributed by atoms with Crippen LogP contribution in [0.5, 0.6) is 0 Å². The van der Waals surface area contributed by atoms with Gasteiger partial charge in [-0.25, -0.2) is 4.98 Å². The molecule has 3 aromatic rings. The Labute approximate surface area is 114 Å². The van der Waals surface area contributed by atoms with Crippen LogP contribution in [0, 0.1) is 13.8 Å². The summed E-state index contributed by atoms with van der Waals surface area (Å²) in [6, 6.07) is 14.6. The van der Waals surface area contributed by atoms with Gasteiger partial charge in [0.05, 0.1) is 11.4 Å². The first-order chi connectivity index (χ1) is 8.66. The number of aromatic nitrogens is 2. The minimum absolute atomic E-state index is 1.01. The molecule has 3 heteroatoms. The molecule has 1 aromatic carbocycles. The van der Waals surface area contributed by atoms with Crippen molar-refractivity contribution in [3.8, 4) is 11.3 Å². The fraction of sp³-hybridized carbons (Fsp3) is 0.133. The van der Waals surface area contributed by atoms with E-state index in [-0.39, 0.29) is 0 Å². The van der Waals surface area contributed by atoms with Gasteiger partial charge in [0.1, 0.15) is 5.65 Å². The molecular formula is C15H13BrN2. The van der Waals surface area contributed by atoms with Gasteiger partial charge in [0.2, 0.25) is 0 Å². The second-order valence-electron chi connectivity index (χ2n) is 4.41. The quantitative estimate of drug-likeness (QED) is 0.652. The average molecular weight is 301 g/mol. The van der Waals surface area contributed by atoms with Crippen LogP contribution in [0.4, 0.5) is 0 Å². The molecule has 0 unspecified atom stereocenters. The van der Waals surface area contributed by atoms with E-state index in [0.29, 0.717) is 0 Å². The van der Waals surface area contributed by atoms with Crippen molar-refractivity contribution in [3.05, 3.63) is 58.3 Å². The van der Waals surface area contributed by atoms with Crippen LogP contribution in [0.3, 0.4) is 0 Å². The van der Waals surface area contributed by atoms with Crippen LogP contribution >= 0.6 is 15.9 Å². The summed E-state index contributed by atoms with van der Waals surface area (Å²) in [6.45, 7) is 4.17. The number of hydrogen-bond donors (Lipinski definition) is 0. The average Bonchev–Trinajstić information content (AvgIpc) is 2.68. The van der Waals surface area contributed by atoms with Gasteiger partial charge in [0.15, 0.2) is 0 Å². The molecular weight excluding hydrogens is 288 g/mol. The summed E-state index contributed by atoms with van der Waals surface area (Å²) in [5.41, 5.74) is 5.64. The molecule has 2 nitrogen and oxygen atoms in total. The third-order valence-corrected chi connectivity index (χ3v) is 3.66. The summed E-state index contributed by atoms with van der Waals surface area (Å²) < 4.78 is 3.30. The van der Waals surface area contributed by atoms with Crippen LogP contribution in [0.25, 0.3) is 16.9 Å². The van der Waals surface area contributed by atoms with Gasteiger partial charge >= 0.3 is 0 Å². The lowest BCUT2D eigenvalue weighted by atomic mass is 10.1. The van der Waals surface area contributed by atoms with Gasteiger partial charge in [0, 0.05) is 15.7 Å². The fourth-order valence-corrected chi connectivity index (χ4v) is 2.58. The molecule has 0 saturated heterocycles. The Hall–Kier alpha value is -1.61. The van der Waals surface area contributed by atoms with Gasteiger partial charge in [-0.2, -0.15) is 0 Å². The number of nitrogens with zero attached hydrogens (tertiary/aromatic N) is 2. The molecule has 0 aliphatic rings. The highest BCUT2D eigenvalue weighted by atomic mass is 79.9. The van der Waals surface area contributed by atoms with E-state index >= 15 is 0 Å². The minimum atomic E-state index is 1.01. The second-order valence-corrected chi connectivity index (χ2v) is 5.33. The van der Waals surface area contributed by atoms with E-state index in [1.54, 1.807) is 0 Å². The van der Waals surface area contributed by atoms with Gasteiger partial charge in [-0.3, -0.25) is 4.40 Å². The second kappa shape index (κ2) is 4.25. The predicted molar refractivity (Wildman–Crippen MR) is 77.8 cm³/mol. The van der Waals surface area contributed by atoms with E-state index in [0.717, 1.165) is 15.8 Å². The smallest absolute Gasteiger partial charge is 0.137 e. The topological polar surface area (TPSA) is 17.3 Å². The molecule has 0 radical (unpaired) electrons. The van der Waals surface area contributed by atoms with Crippen molar-refractivity contribution >= 4 is 21.6 Å². The van der Waals surface area contributed by atoms with Gasteiger partial charge in [-0.1, -0.05) is 34.1 Å². The SMILES string of the molecule is Cc1nc2cccc(C)n2c1-c1ccc(Br)cc1. The van der Waals surface area contributed by atoms with E-state index in [1.807, 2.05) is 12.1 Å². The molecule has 0 spiro atoms. The van der Waals surface area contributed by atoms with Crippen LogP contribution < -0.4 is 0 Å². The minimum Gasteiger partial charge on any atom is -0.297 e. The van der Waals surface area contributed by atoms with Crippen molar-refractivity contribution in [2.45, 2.75) is 13.8 Å². The van der Waals surface area contributed by atoms with Crippen LogP contribution in [-0.4, -0.2) is 9.38 Å². The third kappa shape index (κ3) is 1.75. The Kier molecular flexibility index (Phi) is 2.71. The zero-order valence-electron chi connectivity index (χ0n) is 10.3. The maximum Gasteiger partial charge on any atom is 0.137 e. The highest BCUT2D eigenvalue weighted by Gasteiger charge is 2.11. The molecule has 0 saturated carbocycles. The standard InChI is InChI=1S/C15H13BrN2/c1-10-4-3-5-14-17-11(2)15(18(10)14)12-6-8-13(16)9-7-12/h3-9H,1-2H3. The van der Waals surface area contributed by atoms with E-state index in [1.165, 1.54) is 17.0 Å². The largest absolute Gasteiger partial charge is 0.297 e. The Bertz CT molecular complexity index is 711. The lowest BCUT2D eigenvalue weighted by molar-refractivity contribution is 1.10. The highest BCUT2D eigenvalue weighted by molar-refractivity contribution is 9.10. The Morgan fingerprint density at radius 3 is 2.44 bits per heavy atom. The number of rotatable bonds is 1. The van der Waals surface area contributed by atoms with Gasteiger partial charge < -0.3 is 0 Å². The van der Waals surface area contributed by atoms with Crippen LogP contribution in [0.2, 0.25) is 0 Å². The van der Waals surface area contributed by atoms with Crippen LogP contribution in [-0.2, 0) is 0 Å². The predicted octanol–water partition coefficient (Wildman–Crippen LogP) is 4.38. The summed E-state index contributed by atoms with van der Waals surface area (Å²) in [5, 5.41) is 0. The number of pyridine rings is 1. The molecule has 3 rings (SSSR count). The molecule has 2 aromatic heterocycles. The monoisotopic (exact) mass is 300 g/mol. The number of halogens is 1. The summed E-state index contributed by atoms with van der Waals surface area (Å²) >= 11 is 3.47. The van der Waals surface area contributed by atoms with Gasteiger partial charge in [-0.05, 0) is 38.1 Å². The summed E-state index contributed by atoms with van der Waals surface area (Å²) in [6.07, 6.45) is 0. The third-order valence-electron chi connectivity index (χ3n) is 3.13. The molecule has 18 heavy (non-hydrogen) atoms. The molecule has 0 fully saturated rings. The number of benzene rings is 1. The molecule has 90 valence electrons.